The van der Waals surface area contributed by atoms with Crippen molar-refractivity contribution >= 4 is 29.6 Å². The minimum absolute atomic E-state index is 0.0223. The zero-order chi connectivity index (χ0) is 17.7. The second kappa shape index (κ2) is 8.23. The van der Waals surface area contributed by atoms with Crippen LogP contribution in [0.2, 0.25) is 5.15 Å². The van der Waals surface area contributed by atoms with Gasteiger partial charge in [0, 0.05) is 23.6 Å². The number of pyridine rings is 1. The summed E-state index contributed by atoms with van der Waals surface area (Å²) in [5.41, 5.74) is 7.98. The maximum absolute atomic E-state index is 9.35. The molecular formula is C16H21BClN3O3. The number of rotatable bonds is 7. The van der Waals surface area contributed by atoms with Crippen molar-refractivity contribution in [2.75, 3.05) is 6.61 Å². The summed E-state index contributed by atoms with van der Waals surface area (Å²) in [4.78, 5) is 4.10. The van der Waals surface area contributed by atoms with E-state index in [1.165, 1.54) is 0 Å². The smallest absolute Gasteiger partial charge is 0.480 e. The van der Waals surface area contributed by atoms with Crippen LogP contribution in [-0.2, 0) is 18.2 Å². The number of hydrogen-bond donors (Lipinski definition) is 3. The summed E-state index contributed by atoms with van der Waals surface area (Å²) < 4.78 is 7.18. The maximum Gasteiger partial charge on any atom is 0.493 e. The van der Waals surface area contributed by atoms with Gasteiger partial charge in [-0.2, -0.15) is 0 Å². The molecule has 8 heteroatoms. The fraction of sp³-hybridized carbons (Fsp3) is 0.312. The van der Waals surface area contributed by atoms with Gasteiger partial charge in [0.1, 0.15) is 5.15 Å². The van der Waals surface area contributed by atoms with Gasteiger partial charge in [-0.15, -0.1) is 0 Å². The first-order valence-electron chi connectivity index (χ1n) is 7.69. The molecule has 24 heavy (non-hydrogen) atoms. The van der Waals surface area contributed by atoms with E-state index < -0.39 is 7.12 Å². The molecule has 128 valence electrons. The molecule has 2 aromatic rings. The van der Waals surface area contributed by atoms with Gasteiger partial charge >= 0.3 is 7.12 Å². The number of halogens is 1. The van der Waals surface area contributed by atoms with Crippen molar-refractivity contribution in [1.82, 2.24) is 9.55 Å². The van der Waals surface area contributed by atoms with Gasteiger partial charge in [0.25, 0.3) is 0 Å². The van der Waals surface area contributed by atoms with E-state index in [9.17, 15) is 10.0 Å². The van der Waals surface area contributed by atoms with E-state index in [-0.39, 0.29) is 11.4 Å². The second-order valence-corrected chi connectivity index (χ2v) is 5.72. The van der Waals surface area contributed by atoms with Crippen LogP contribution in [0.15, 0.2) is 41.8 Å². The summed E-state index contributed by atoms with van der Waals surface area (Å²) in [6.07, 6.45) is 6.66. The molecule has 0 aliphatic heterocycles. The third kappa shape index (κ3) is 4.32. The van der Waals surface area contributed by atoms with Crippen molar-refractivity contribution in [2.45, 2.75) is 19.8 Å². The number of allylic oxidation sites excluding steroid dienone is 3. The molecule has 4 N–H and O–H groups in total. The van der Waals surface area contributed by atoms with Gasteiger partial charge in [-0.05, 0) is 31.9 Å². The van der Waals surface area contributed by atoms with Crippen molar-refractivity contribution in [3.63, 3.8) is 0 Å². The lowest BCUT2D eigenvalue weighted by Crippen LogP contribution is -2.20. The third-order valence-electron chi connectivity index (χ3n) is 3.72. The van der Waals surface area contributed by atoms with E-state index in [4.69, 9.17) is 22.1 Å². The predicted molar refractivity (Wildman–Crippen MR) is 96.2 cm³/mol. The third-order valence-corrected chi connectivity index (χ3v) is 3.93. The second-order valence-electron chi connectivity index (χ2n) is 5.33. The molecule has 2 aromatic heterocycles. The molecular weight excluding hydrogens is 328 g/mol. The van der Waals surface area contributed by atoms with Crippen molar-refractivity contribution in [1.29, 1.82) is 0 Å². The van der Waals surface area contributed by atoms with Crippen LogP contribution in [0.5, 0.6) is 0 Å². The molecule has 0 amide bonds. The molecule has 0 fully saturated rings. The van der Waals surface area contributed by atoms with Gasteiger partial charge in [0.05, 0.1) is 18.3 Å². The van der Waals surface area contributed by atoms with Crippen LogP contribution in [0.1, 0.15) is 19.0 Å². The number of hydrogen-bond acceptors (Lipinski definition) is 5. The van der Waals surface area contributed by atoms with E-state index in [1.54, 1.807) is 19.2 Å². The van der Waals surface area contributed by atoms with Crippen molar-refractivity contribution in [3.8, 4) is 0 Å². The van der Waals surface area contributed by atoms with Gasteiger partial charge in [0.2, 0.25) is 0 Å². The Kier molecular flexibility index (Phi) is 6.31. The van der Waals surface area contributed by atoms with Crippen LogP contribution in [0.3, 0.4) is 0 Å². The lowest BCUT2D eigenvalue weighted by Gasteiger charge is -2.08. The molecule has 6 nitrogen and oxygen atoms in total. The first kappa shape index (κ1) is 18.4. The Bertz CT molecular complexity index is 771. The van der Waals surface area contributed by atoms with Crippen LogP contribution < -0.4 is 5.73 Å². The topological polar surface area (TPSA) is 93.5 Å². The normalized spacial score (nSPS) is 12.7. The Morgan fingerprint density at radius 1 is 1.46 bits per heavy atom. The van der Waals surface area contributed by atoms with E-state index in [1.807, 2.05) is 19.2 Å². The van der Waals surface area contributed by atoms with Gasteiger partial charge in [0.15, 0.2) is 5.88 Å². The van der Waals surface area contributed by atoms with Crippen molar-refractivity contribution < 1.29 is 14.8 Å². The highest BCUT2D eigenvalue weighted by molar-refractivity contribution is 6.51. The summed E-state index contributed by atoms with van der Waals surface area (Å²) in [7, 11) is 0.311. The quantitative estimate of drug-likeness (QED) is 0.307. The van der Waals surface area contributed by atoms with E-state index in [2.05, 4.69) is 15.6 Å². The molecule has 0 radical (unpaired) electrons. The Morgan fingerprint density at radius 3 is 2.88 bits per heavy atom. The SMILES string of the molecule is CCO/C(N)=C(/C=C\CCc1cc2cc(Cl)ncc2n1C)B(O)O. The number of fused-ring (bicyclic) bond motifs is 1. The Balaban J connectivity index is 2.08. The first-order chi connectivity index (χ1) is 11.4. The van der Waals surface area contributed by atoms with Crippen LogP contribution >= 0.6 is 11.6 Å². The van der Waals surface area contributed by atoms with Crippen LogP contribution in [0.4, 0.5) is 0 Å². The van der Waals surface area contributed by atoms with Crippen LogP contribution in [0, 0.1) is 0 Å². The fourth-order valence-electron chi connectivity index (χ4n) is 2.48. The van der Waals surface area contributed by atoms with Crippen molar-refractivity contribution in [3.05, 3.63) is 52.7 Å². The number of ether oxygens (including phenoxy) is 1. The molecule has 0 saturated carbocycles. The minimum Gasteiger partial charge on any atom is -0.480 e. The molecule has 0 aromatic carbocycles. The van der Waals surface area contributed by atoms with Crippen molar-refractivity contribution in [2.24, 2.45) is 12.8 Å². The number of aryl methyl sites for hydroxylation is 2. The van der Waals surface area contributed by atoms with E-state index in [0.717, 1.165) is 23.0 Å². The highest BCUT2D eigenvalue weighted by Gasteiger charge is 2.16. The maximum atomic E-state index is 9.35. The highest BCUT2D eigenvalue weighted by atomic mass is 35.5. The summed E-state index contributed by atoms with van der Waals surface area (Å²) in [6, 6.07) is 3.91. The number of aromatic nitrogens is 2. The number of nitrogens with zero attached hydrogens (tertiary/aromatic N) is 2. The van der Waals surface area contributed by atoms with Gasteiger partial charge in [-0.3, -0.25) is 0 Å². The highest BCUT2D eigenvalue weighted by Crippen LogP contribution is 2.21. The molecule has 0 spiro atoms. The average molecular weight is 350 g/mol. The summed E-state index contributed by atoms with van der Waals surface area (Å²) >= 11 is 5.92. The Hall–Kier alpha value is -1.96. The molecule has 0 saturated heterocycles. The molecule has 0 aliphatic carbocycles. The van der Waals surface area contributed by atoms with E-state index in [0.29, 0.717) is 18.2 Å². The number of nitrogens with two attached hydrogens (primary N) is 1. The lowest BCUT2D eigenvalue weighted by atomic mass is 9.79. The fourth-order valence-corrected chi connectivity index (χ4v) is 2.65. The lowest BCUT2D eigenvalue weighted by molar-refractivity contribution is 0.223. The largest absolute Gasteiger partial charge is 0.493 e. The standard InChI is InChI=1S/C16H21BClN3O3/c1-3-24-16(19)13(17(22)23)7-5-4-6-12-8-11-9-15(18)20-10-14(11)21(12)2/h5,7-10,22-23H,3-4,6,19H2,1-2H3/b7-5-,16-13-. The Morgan fingerprint density at radius 2 is 2.21 bits per heavy atom. The average Bonchev–Trinajstić information content (AvgIpc) is 2.82. The summed E-state index contributed by atoms with van der Waals surface area (Å²) in [5.74, 6) is 0.0223. The monoisotopic (exact) mass is 349 g/mol. The molecule has 2 heterocycles. The molecule has 0 bridgehead atoms. The van der Waals surface area contributed by atoms with Gasteiger partial charge in [-0.25, -0.2) is 4.98 Å². The molecule has 0 atom stereocenters. The summed E-state index contributed by atoms with van der Waals surface area (Å²) in [6.45, 7) is 2.14. The van der Waals surface area contributed by atoms with Crippen LogP contribution in [-0.4, -0.2) is 33.3 Å². The first-order valence-corrected chi connectivity index (χ1v) is 8.06. The minimum atomic E-state index is -1.67. The summed E-state index contributed by atoms with van der Waals surface area (Å²) in [5, 5.41) is 20.2. The van der Waals surface area contributed by atoms with Gasteiger partial charge in [-0.1, -0.05) is 23.8 Å². The Labute approximate surface area is 146 Å². The molecule has 0 aliphatic rings. The zero-order valence-electron chi connectivity index (χ0n) is 13.7. The van der Waals surface area contributed by atoms with E-state index >= 15 is 0 Å². The van der Waals surface area contributed by atoms with Gasteiger partial charge < -0.3 is 25.1 Å². The molecule has 2 rings (SSSR count). The molecule has 0 unspecified atom stereocenters. The predicted octanol–water partition coefficient (Wildman–Crippen LogP) is 1.93. The zero-order valence-corrected chi connectivity index (χ0v) is 14.5. The van der Waals surface area contributed by atoms with Crippen LogP contribution in [0.25, 0.3) is 10.9 Å².